The predicted octanol–water partition coefficient (Wildman–Crippen LogP) is 3.27. The van der Waals surface area contributed by atoms with Gasteiger partial charge in [0, 0.05) is 18.2 Å². The van der Waals surface area contributed by atoms with E-state index in [-0.39, 0.29) is 5.97 Å². The fourth-order valence-corrected chi connectivity index (χ4v) is 1.85. The number of hydrogen-bond acceptors (Lipinski definition) is 4. The van der Waals surface area contributed by atoms with Gasteiger partial charge in [0.15, 0.2) is 0 Å². The predicted molar refractivity (Wildman–Crippen MR) is 81.2 cm³/mol. The summed E-state index contributed by atoms with van der Waals surface area (Å²) in [5.74, 6) is 0.226. The molecule has 0 saturated carbocycles. The second kappa shape index (κ2) is 7.64. The van der Waals surface area contributed by atoms with Gasteiger partial charge in [0.2, 0.25) is 0 Å². The van der Waals surface area contributed by atoms with Crippen molar-refractivity contribution in [2.24, 2.45) is 0 Å². The van der Waals surface area contributed by atoms with Crippen LogP contribution in [0.1, 0.15) is 19.8 Å². The second-order valence-electron chi connectivity index (χ2n) is 4.82. The lowest BCUT2D eigenvalue weighted by Crippen LogP contribution is -2.05. The minimum absolute atomic E-state index is 0.124. The Hall–Kier alpha value is -2.07. The van der Waals surface area contributed by atoms with Crippen LogP contribution in [0.25, 0.3) is 10.8 Å². The second-order valence-corrected chi connectivity index (χ2v) is 4.82. The van der Waals surface area contributed by atoms with Crippen molar-refractivity contribution >= 4 is 16.7 Å². The Kier molecular flexibility index (Phi) is 5.58. The molecule has 1 fully saturated rings. The molecule has 0 aromatic heterocycles. The minimum atomic E-state index is -0.124. The average Bonchev–Trinajstić information content (AvgIpc) is 3.32. The molecule has 1 atom stereocenters. The van der Waals surface area contributed by atoms with Crippen molar-refractivity contribution in [3.05, 3.63) is 42.5 Å². The van der Waals surface area contributed by atoms with E-state index in [9.17, 15) is 9.90 Å². The van der Waals surface area contributed by atoms with Crippen molar-refractivity contribution < 1.29 is 19.4 Å². The number of esters is 1. The molecule has 2 aromatic rings. The third-order valence-corrected chi connectivity index (χ3v) is 3.16. The number of rotatable bonds is 4. The first-order valence-electron chi connectivity index (χ1n) is 7.14. The molecule has 112 valence electrons. The summed E-state index contributed by atoms with van der Waals surface area (Å²) in [7, 11) is 0. The number of epoxide rings is 1. The summed E-state index contributed by atoms with van der Waals surface area (Å²) >= 11 is 0. The van der Waals surface area contributed by atoms with E-state index in [1.807, 2.05) is 36.4 Å². The summed E-state index contributed by atoms with van der Waals surface area (Å²) in [6, 6.07) is 13.3. The fraction of sp³-hybridized carbons (Fsp3) is 0.353. The molecule has 1 aliphatic heterocycles. The number of benzene rings is 2. The summed E-state index contributed by atoms with van der Waals surface area (Å²) in [6.07, 6.45) is 1.68. The van der Waals surface area contributed by atoms with Crippen molar-refractivity contribution in [3.63, 3.8) is 0 Å². The van der Waals surface area contributed by atoms with Crippen LogP contribution in [0.15, 0.2) is 42.5 Å². The Morgan fingerprint density at radius 2 is 2.00 bits per heavy atom. The first-order chi connectivity index (χ1) is 10.2. The third kappa shape index (κ3) is 5.08. The molecule has 4 heteroatoms. The van der Waals surface area contributed by atoms with E-state index in [2.05, 4.69) is 0 Å². The van der Waals surface area contributed by atoms with Crippen LogP contribution in [0.4, 0.5) is 0 Å². The highest BCUT2D eigenvalue weighted by molar-refractivity contribution is 5.87. The molecule has 1 aliphatic rings. The molecule has 0 aliphatic carbocycles. The van der Waals surface area contributed by atoms with Crippen molar-refractivity contribution in [1.82, 2.24) is 0 Å². The van der Waals surface area contributed by atoms with Crippen LogP contribution in [0.5, 0.6) is 5.75 Å². The Bertz CT molecular complexity index is 585. The average molecular weight is 288 g/mol. The van der Waals surface area contributed by atoms with Gasteiger partial charge in [-0.2, -0.15) is 0 Å². The molecule has 4 nitrogen and oxygen atoms in total. The zero-order valence-corrected chi connectivity index (χ0v) is 12.1. The molecule has 0 radical (unpaired) electrons. The summed E-state index contributed by atoms with van der Waals surface area (Å²) in [4.78, 5) is 10.6. The van der Waals surface area contributed by atoms with Crippen molar-refractivity contribution in [2.75, 3.05) is 13.2 Å². The van der Waals surface area contributed by atoms with E-state index in [1.54, 1.807) is 13.0 Å². The maximum atomic E-state index is 10.6. The fourth-order valence-electron chi connectivity index (χ4n) is 1.85. The van der Waals surface area contributed by atoms with Crippen LogP contribution in [-0.4, -0.2) is 30.4 Å². The number of aromatic hydroxyl groups is 1. The molecule has 3 rings (SSSR count). The van der Waals surface area contributed by atoms with Crippen LogP contribution < -0.4 is 0 Å². The SMILES string of the molecule is CCC(=O)OCCC1CO1.Oc1cccc2ccccc12. The van der Waals surface area contributed by atoms with Crippen molar-refractivity contribution in [3.8, 4) is 5.75 Å². The highest BCUT2D eigenvalue weighted by atomic mass is 16.6. The van der Waals surface area contributed by atoms with E-state index in [4.69, 9.17) is 9.47 Å². The van der Waals surface area contributed by atoms with Crippen molar-refractivity contribution in [2.45, 2.75) is 25.9 Å². The van der Waals surface area contributed by atoms with Crippen LogP contribution in [0, 0.1) is 0 Å². The number of ether oxygens (including phenoxy) is 2. The van der Waals surface area contributed by atoms with E-state index in [1.165, 1.54) is 0 Å². The molecule has 21 heavy (non-hydrogen) atoms. The summed E-state index contributed by atoms with van der Waals surface area (Å²) in [6.45, 7) is 3.14. The van der Waals surface area contributed by atoms with E-state index < -0.39 is 0 Å². The zero-order chi connectivity index (χ0) is 15.1. The number of carbonyl (C=O) groups excluding carboxylic acids is 1. The number of phenols is 1. The Labute approximate surface area is 124 Å². The Morgan fingerprint density at radius 1 is 1.29 bits per heavy atom. The third-order valence-electron chi connectivity index (χ3n) is 3.16. The maximum absolute atomic E-state index is 10.6. The number of carbonyl (C=O) groups is 1. The van der Waals surface area contributed by atoms with Gasteiger partial charge in [0.1, 0.15) is 5.75 Å². The van der Waals surface area contributed by atoms with Gasteiger partial charge in [-0.1, -0.05) is 43.3 Å². The number of fused-ring (bicyclic) bond motifs is 1. The topological polar surface area (TPSA) is 59.1 Å². The molecular formula is C17H20O4. The summed E-state index contributed by atoms with van der Waals surface area (Å²) < 4.78 is 9.76. The molecule has 0 spiro atoms. The first kappa shape index (κ1) is 15.3. The molecule has 1 saturated heterocycles. The minimum Gasteiger partial charge on any atom is -0.507 e. The van der Waals surface area contributed by atoms with E-state index >= 15 is 0 Å². The smallest absolute Gasteiger partial charge is 0.305 e. The van der Waals surface area contributed by atoms with Gasteiger partial charge in [-0.05, 0) is 11.5 Å². The Morgan fingerprint density at radius 3 is 2.67 bits per heavy atom. The standard InChI is InChI=1S/C10H8O.C7H12O3/c11-10-7-3-5-8-4-1-2-6-9(8)10;1-2-7(8)9-4-3-6-5-10-6/h1-7,11H;6H,2-5H2,1H3. The van der Waals surface area contributed by atoms with Gasteiger partial charge in [-0.15, -0.1) is 0 Å². The first-order valence-corrected chi connectivity index (χ1v) is 7.14. The Balaban J connectivity index is 0.000000155. The number of phenolic OH excluding ortho intramolecular Hbond substituents is 1. The van der Waals surface area contributed by atoms with Crippen LogP contribution in [0.3, 0.4) is 0 Å². The monoisotopic (exact) mass is 288 g/mol. The van der Waals surface area contributed by atoms with E-state index in [0.29, 0.717) is 24.9 Å². The van der Waals surface area contributed by atoms with Crippen LogP contribution in [0.2, 0.25) is 0 Å². The van der Waals surface area contributed by atoms with Gasteiger partial charge in [-0.25, -0.2) is 0 Å². The lowest BCUT2D eigenvalue weighted by atomic mass is 10.1. The summed E-state index contributed by atoms with van der Waals surface area (Å²) in [5.41, 5.74) is 0. The van der Waals surface area contributed by atoms with Gasteiger partial charge in [0.05, 0.1) is 19.3 Å². The number of hydrogen-bond donors (Lipinski definition) is 1. The van der Waals surface area contributed by atoms with Crippen LogP contribution in [-0.2, 0) is 14.3 Å². The highest BCUT2D eigenvalue weighted by Gasteiger charge is 2.21. The largest absolute Gasteiger partial charge is 0.507 e. The van der Waals surface area contributed by atoms with E-state index in [0.717, 1.165) is 23.8 Å². The quantitative estimate of drug-likeness (QED) is 0.693. The maximum Gasteiger partial charge on any atom is 0.305 e. The molecule has 1 heterocycles. The molecule has 2 aromatic carbocycles. The molecule has 0 amide bonds. The van der Waals surface area contributed by atoms with Gasteiger partial charge < -0.3 is 14.6 Å². The van der Waals surface area contributed by atoms with Crippen LogP contribution >= 0.6 is 0 Å². The highest BCUT2D eigenvalue weighted by Crippen LogP contribution is 2.22. The lowest BCUT2D eigenvalue weighted by Gasteiger charge is -1.99. The molecular weight excluding hydrogens is 268 g/mol. The zero-order valence-electron chi connectivity index (χ0n) is 12.1. The molecule has 1 unspecified atom stereocenters. The van der Waals surface area contributed by atoms with Gasteiger partial charge >= 0.3 is 5.97 Å². The molecule has 1 N–H and O–H groups in total. The summed E-state index contributed by atoms with van der Waals surface area (Å²) in [5, 5.41) is 11.4. The normalized spacial score (nSPS) is 16.0. The van der Waals surface area contributed by atoms with Gasteiger partial charge in [0.25, 0.3) is 0 Å². The lowest BCUT2D eigenvalue weighted by molar-refractivity contribution is -0.143. The van der Waals surface area contributed by atoms with Crippen molar-refractivity contribution in [1.29, 1.82) is 0 Å². The van der Waals surface area contributed by atoms with Gasteiger partial charge in [-0.3, -0.25) is 4.79 Å². The molecule has 0 bridgehead atoms.